The molecule has 0 radical (unpaired) electrons. The number of methoxy groups -OCH3 is 1. The molecule has 106 valence electrons. The van der Waals surface area contributed by atoms with Crippen LogP contribution in [0.4, 0.5) is 11.4 Å². The predicted molar refractivity (Wildman–Crippen MR) is 72.7 cm³/mol. The van der Waals surface area contributed by atoms with E-state index in [0.717, 1.165) is 0 Å². The van der Waals surface area contributed by atoms with Crippen LogP contribution in [0.15, 0.2) is 24.5 Å². The molecule has 0 aliphatic heterocycles. The number of hydrogen-bond acceptors (Lipinski definition) is 6. The Morgan fingerprint density at radius 2 is 2.25 bits per heavy atom. The van der Waals surface area contributed by atoms with Crippen LogP contribution in [0.5, 0.6) is 5.75 Å². The van der Waals surface area contributed by atoms with Gasteiger partial charge in [0.25, 0.3) is 5.69 Å². The van der Waals surface area contributed by atoms with Crippen LogP contribution in [0.25, 0.3) is 0 Å². The van der Waals surface area contributed by atoms with Gasteiger partial charge in [-0.05, 0) is 13.0 Å². The van der Waals surface area contributed by atoms with Crippen molar-refractivity contribution in [2.75, 3.05) is 12.4 Å². The molecule has 0 aliphatic rings. The third-order valence-corrected chi connectivity index (χ3v) is 2.91. The molecular formula is C12H15N5O3. The molecule has 1 aromatic heterocycles. The lowest BCUT2D eigenvalue weighted by Gasteiger charge is -2.15. The summed E-state index contributed by atoms with van der Waals surface area (Å²) in [6.45, 7) is 1.85. The second-order valence-electron chi connectivity index (χ2n) is 4.31. The molecule has 20 heavy (non-hydrogen) atoms. The predicted octanol–water partition coefficient (Wildman–Crippen LogP) is 1.90. The zero-order valence-corrected chi connectivity index (χ0v) is 11.4. The number of aromatic nitrogens is 3. The van der Waals surface area contributed by atoms with Gasteiger partial charge in [0, 0.05) is 19.2 Å². The van der Waals surface area contributed by atoms with Crippen molar-refractivity contribution >= 4 is 11.4 Å². The van der Waals surface area contributed by atoms with E-state index in [1.807, 2.05) is 14.0 Å². The Hall–Kier alpha value is -2.64. The Balaban J connectivity index is 2.32. The van der Waals surface area contributed by atoms with E-state index in [4.69, 9.17) is 4.74 Å². The summed E-state index contributed by atoms with van der Waals surface area (Å²) in [4.78, 5) is 10.6. The van der Waals surface area contributed by atoms with Crippen LogP contribution in [0.2, 0.25) is 0 Å². The summed E-state index contributed by atoms with van der Waals surface area (Å²) in [7, 11) is 3.32. The molecule has 1 unspecified atom stereocenters. The third kappa shape index (κ3) is 2.68. The maximum Gasteiger partial charge on any atom is 0.292 e. The minimum Gasteiger partial charge on any atom is -0.497 e. The third-order valence-electron chi connectivity index (χ3n) is 2.91. The first kappa shape index (κ1) is 13.8. The summed E-state index contributed by atoms with van der Waals surface area (Å²) in [5, 5.41) is 21.9. The van der Waals surface area contributed by atoms with Gasteiger partial charge in [0.15, 0.2) is 5.82 Å². The van der Waals surface area contributed by atoms with Gasteiger partial charge in [-0.15, -0.1) is 10.2 Å². The molecule has 8 heteroatoms. The Morgan fingerprint density at radius 1 is 1.50 bits per heavy atom. The molecule has 2 rings (SSSR count). The van der Waals surface area contributed by atoms with Crippen molar-refractivity contribution in [2.24, 2.45) is 7.05 Å². The molecular weight excluding hydrogens is 262 g/mol. The van der Waals surface area contributed by atoms with Crippen molar-refractivity contribution in [3.63, 3.8) is 0 Å². The van der Waals surface area contributed by atoms with Gasteiger partial charge in [-0.1, -0.05) is 0 Å². The maximum atomic E-state index is 11.0. The highest BCUT2D eigenvalue weighted by molar-refractivity contribution is 5.64. The topological polar surface area (TPSA) is 95.1 Å². The van der Waals surface area contributed by atoms with Crippen LogP contribution in [0.3, 0.4) is 0 Å². The van der Waals surface area contributed by atoms with Crippen molar-refractivity contribution < 1.29 is 9.66 Å². The smallest absolute Gasteiger partial charge is 0.292 e. The molecule has 0 aliphatic carbocycles. The van der Waals surface area contributed by atoms with Crippen LogP contribution >= 0.6 is 0 Å². The summed E-state index contributed by atoms with van der Waals surface area (Å²) >= 11 is 0. The molecule has 0 spiro atoms. The number of nitro benzene ring substituents is 1. The number of anilines is 1. The number of ether oxygens (including phenoxy) is 1. The van der Waals surface area contributed by atoms with Crippen LogP contribution in [-0.2, 0) is 7.05 Å². The number of aryl methyl sites for hydroxylation is 1. The number of nitrogens with zero attached hydrogens (tertiary/aromatic N) is 4. The van der Waals surface area contributed by atoms with E-state index in [1.165, 1.54) is 13.2 Å². The maximum absolute atomic E-state index is 11.0. The highest BCUT2D eigenvalue weighted by Gasteiger charge is 2.19. The highest BCUT2D eigenvalue weighted by Crippen LogP contribution is 2.31. The van der Waals surface area contributed by atoms with Gasteiger partial charge < -0.3 is 14.6 Å². The number of benzene rings is 1. The molecule has 1 aromatic carbocycles. The van der Waals surface area contributed by atoms with E-state index in [1.54, 1.807) is 23.0 Å². The SMILES string of the molecule is COc1ccc([N+](=O)[O-])c(NC(C)c2nncn2C)c1. The Labute approximate surface area is 115 Å². The minimum atomic E-state index is -0.439. The fourth-order valence-electron chi connectivity index (χ4n) is 1.90. The number of rotatable bonds is 5. The standard InChI is InChI=1S/C12H15N5O3/c1-8(12-15-13-7-16(12)2)14-10-6-9(20-3)4-5-11(10)17(18)19/h4-8,14H,1-3H3. The van der Waals surface area contributed by atoms with Crippen molar-refractivity contribution in [3.8, 4) is 5.75 Å². The largest absolute Gasteiger partial charge is 0.497 e. The molecule has 1 atom stereocenters. The molecule has 1 N–H and O–H groups in total. The van der Waals surface area contributed by atoms with Gasteiger partial charge in [-0.2, -0.15) is 0 Å². The summed E-state index contributed by atoms with van der Waals surface area (Å²) in [5.41, 5.74) is 0.365. The zero-order chi connectivity index (χ0) is 14.7. The Morgan fingerprint density at radius 3 is 2.80 bits per heavy atom. The quantitative estimate of drug-likeness (QED) is 0.662. The Bertz CT molecular complexity index is 625. The lowest BCUT2D eigenvalue weighted by atomic mass is 10.2. The normalized spacial score (nSPS) is 11.9. The van der Waals surface area contributed by atoms with E-state index in [0.29, 0.717) is 17.3 Å². The van der Waals surface area contributed by atoms with Gasteiger partial charge in [0.05, 0.1) is 18.1 Å². The van der Waals surface area contributed by atoms with E-state index in [-0.39, 0.29) is 11.7 Å². The second-order valence-corrected chi connectivity index (χ2v) is 4.31. The number of hydrogen-bond donors (Lipinski definition) is 1. The number of nitrogens with one attached hydrogen (secondary N) is 1. The van der Waals surface area contributed by atoms with Gasteiger partial charge in [-0.25, -0.2) is 0 Å². The Kier molecular flexibility index (Phi) is 3.83. The molecule has 0 bridgehead atoms. The summed E-state index contributed by atoms with van der Waals surface area (Å²) < 4.78 is 6.84. The molecule has 8 nitrogen and oxygen atoms in total. The van der Waals surface area contributed by atoms with Crippen LogP contribution in [0.1, 0.15) is 18.8 Å². The van der Waals surface area contributed by atoms with E-state index in [9.17, 15) is 10.1 Å². The van der Waals surface area contributed by atoms with Crippen molar-refractivity contribution in [3.05, 3.63) is 40.5 Å². The van der Waals surface area contributed by atoms with Gasteiger partial charge >= 0.3 is 0 Å². The van der Waals surface area contributed by atoms with Crippen molar-refractivity contribution in [2.45, 2.75) is 13.0 Å². The molecule has 0 saturated heterocycles. The van der Waals surface area contributed by atoms with Gasteiger partial charge in [-0.3, -0.25) is 10.1 Å². The summed E-state index contributed by atoms with van der Waals surface area (Å²) in [5.74, 6) is 1.23. The van der Waals surface area contributed by atoms with Crippen molar-refractivity contribution in [1.29, 1.82) is 0 Å². The van der Waals surface area contributed by atoms with Crippen LogP contribution in [-0.4, -0.2) is 26.8 Å². The summed E-state index contributed by atoms with van der Waals surface area (Å²) in [6, 6.07) is 4.32. The van der Waals surface area contributed by atoms with Crippen molar-refractivity contribution in [1.82, 2.24) is 14.8 Å². The van der Waals surface area contributed by atoms with E-state index in [2.05, 4.69) is 15.5 Å². The lowest BCUT2D eigenvalue weighted by Crippen LogP contribution is -2.13. The molecule has 0 amide bonds. The molecule has 2 aromatic rings. The second kappa shape index (κ2) is 5.55. The lowest BCUT2D eigenvalue weighted by molar-refractivity contribution is -0.384. The van der Waals surface area contributed by atoms with Crippen LogP contribution in [0, 0.1) is 10.1 Å². The molecule has 0 fully saturated rings. The molecule has 1 heterocycles. The van der Waals surface area contributed by atoms with Gasteiger partial charge in [0.1, 0.15) is 17.8 Å². The first-order valence-electron chi connectivity index (χ1n) is 5.95. The molecule has 0 saturated carbocycles. The summed E-state index contributed by atoms with van der Waals surface area (Å²) in [6.07, 6.45) is 1.58. The highest BCUT2D eigenvalue weighted by atomic mass is 16.6. The first-order chi connectivity index (χ1) is 9.52. The average molecular weight is 277 g/mol. The van der Waals surface area contributed by atoms with E-state index >= 15 is 0 Å². The monoisotopic (exact) mass is 277 g/mol. The van der Waals surface area contributed by atoms with Gasteiger partial charge in [0.2, 0.25) is 0 Å². The van der Waals surface area contributed by atoms with Crippen LogP contribution < -0.4 is 10.1 Å². The fraction of sp³-hybridized carbons (Fsp3) is 0.333. The minimum absolute atomic E-state index is 0.0141. The fourth-order valence-corrected chi connectivity index (χ4v) is 1.90. The average Bonchev–Trinajstić information content (AvgIpc) is 2.84. The first-order valence-corrected chi connectivity index (χ1v) is 5.95. The number of nitro groups is 1. The zero-order valence-electron chi connectivity index (χ0n) is 11.4. The van der Waals surface area contributed by atoms with E-state index < -0.39 is 4.92 Å².